The van der Waals surface area contributed by atoms with Crippen LogP contribution in [0.4, 0.5) is 4.39 Å². The molecule has 1 aromatic carbocycles. The highest BCUT2D eigenvalue weighted by atomic mass is 79.9. The normalized spacial score (nSPS) is 12.4. The van der Waals surface area contributed by atoms with Crippen LogP contribution in [0.3, 0.4) is 0 Å². The molecule has 0 spiro atoms. The number of hydrogen-bond acceptors (Lipinski definition) is 3. The molecule has 3 N–H and O–H groups in total. The molecule has 2 aromatic rings. The van der Waals surface area contributed by atoms with E-state index in [-0.39, 0.29) is 11.9 Å². The Labute approximate surface area is 113 Å². The van der Waals surface area contributed by atoms with Gasteiger partial charge in [0.15, 0.2) is 0 Å². The summed E-state index contributed by atoms with van der Waals surface area (Å²) in [6.45, 7) is 0. The van der Waals surface area contributed by atoms with Gasteiger partial charge in [-0.25, -0.2) is 4.39 Å². The predicted molar refractivity (Wildman–Crippen MR) is 72.1 cm³/mol. The van der Waals surface area contributed by atoms with Gasteiger partial charge in [0.1, 0.15) is 5.82 Å². The molecule has 1 atom stereocenters. The fraction of sp³-hybridized carbons (Fsp3) is 0.154. The lowest BCUT2D eigenvalue weighted by atomic mass is 10.00. The van der Waals surface area contributed by atoms with Crippen molar-refractivity contribution in [1.29, 1.82) is 0 Å². The number of nitrogens with two attached hydrogens (primary N) is 1. The van der Waals surface area contributed by atoms with E-state index in [1.54, 1.807) is 18.5 Å². The van der Waals surface area contributed by atoms with Crippen LogP contribution in [0.1, 0.15) is 17.2 Å². The highest BCUT2D eigenvalue weighted by Gasteiger charge is 2.14. The number of nitrogens with one attached hydrogen (secondary N) is 1. The Morgan fingerprint density at radius 3 is 2.61 bits per heavy atom. The van der Waals surface area contributed by atoms with Crippen molar-refractivity contribution in [2.75, 3.05) is 0 Å². The molecule has 0 aliphatic heterocycles. The first-order chi connectivity index (χ1) is 8.70. The summed E-state index contributed by atoms with van der Waals surface area (Å²) < 4.78 is 13.8. The molecular weight excluding hydrogens is 297 g/mol. The van der Waals surface area contributed by atoms with Crippen LogP contribution in [-0.4, -0.2) is 4.98 Å². The molecular formula is C13H13BrFN3. The van der Waals surface area contributed by atoms with E-state index in [9.17, 15) is 4.39 Å². The number of pyridine rings is 1. The molecule has 1 unspecified atom stereocenters. The maximum atomic E-state index is 13.1. The van der Waals surface area contributed by atoms with Crippen molar-refractivity contribution in [3.05, 3.63) is 64.1 Å². The van der Waals surface area contributed by atoms with Gasteiger partial charge >= 0.3 is 0 Å². The topological polar surface area (TPSA) is 50.9 Å². The average molecular weight is 310 g/mol. The predicted octanol–water partition coefficient (Wildman–Crippen LogP) is 2.73. The molecule has 1 aromatic heterocycles. The summed E-state index contributed by atoms with van der Waals surface area (Å²) in [5.41, 5.74) is 4.80. The number of hydrazine groups is 1. The minimum Gasteiger partial charge on any atom is -0.271 e. The molecule has 0 fully saturated rings. The van der Waals surface area contributed by atoms with Crippen LogP contribution >= 0.6 is 15.9 Å². The first kappa shape index (κ1) is 13.1. The van der Waals surface area contributed by atoms with Crippen molar-refractivity contribution in [2.45, 2.75) is 12.5 Å². The number of nitrogens with zero attached hydrogens (tertiary/aromatic N) is 1. The zero-order valence-electron chi connectivity index (χ0n) is 9.61. The van der Waals surface area contributed by atoms with Crippen molar-refractivity contribution in [3.8, 4) is 0 Å². The van der Waals surface area contributed by atoms with Crippen LogP contribution in [0.2, 0.25) is 0 Å². The van der Waals surface area contributed by atoms with E-state index in [2.05, 4.69) is 26.3 Å². The molecule has 0 bridgehead atoms. The zero-order valence-corrected chi connectivity index (χ0v) is 11.2. The molecule has 3 nitrogen and oxygen atoms in total. The van der Waals surface area contributed by atoms with Crippen LogP contribution in [0.5, 0.6) is 0 Å². The third kappa shape index (κ3) is 3.13. The van der Waals surface area contributed by atoms with Gasteiger partial charge in [-0.05, 0) is 41.8 Å². The van der Waals surface area contributed by atoms with Crippen molar-refractivity contribution in [1.82, 2.24) is 10.4 Å². The SMILES string of the molecule is NNC(Cc1ccncc1)c1ccc(F)cc1Br. The molecule has 18 heavy (non-hydrogen) atoms. The van der Waals surface area contributed by atoms with Gasteiger partial charge in [0.25, 0.3) is 0 Å². The van der Waals surface area contributed by atoms with Crippen molar-refractivity contribution >= 4 is 15.9 Å². The van der Waals surface area contributed by atoms with E-state index in [0.29, 0.717) is 10.9 Å². The fourth-order valence-corrected chi connectivity index (χ4v) is 2.42. The standard InChI is InChI=1S/C13H13BrFN3/c14-12-8-10(15)1-2-11(12)13(18-16)7-9-3-5-17-6-4-9/h1-6,8,13,18H,7,16H2. The van der Waals surface area contributed by atoms with E-state index >= 15 is 0 Å². The van der Waals surface area contributed by atoms with Gasteiger partial charge in [-0.3, -0.25) is 16.3 Å². The highest BCUT2D eigenvalue weighted by Crippen LogP contribution is 2.26. The van der Waals surface area contributed by atoms with E-state index in [0.717, 1.165) is 11.1 Å². The molecule has 94 valence electrons. The number of halogens is 2. The minimum absolute atomic E-state index is 0.0811. The summed E-state index contributed by atoms with van der Waals surface area (Å²) in [6, 6.07) is 8.38. The van der Waals surface area contributed by atoms with Crippen LogP contribution in [0.25, 0.3) is 0 Å². The van der Waals surface area contributed by atoms with Crippen molar-refractivity contribution in [3.63, 3.8) is 0 Å². The average Bonchev–Trinajstić information content (AvgIpc) is 2.38. The Hall–Kier alpha value is -1.30. The van der Waals surface area contributed by atoms with Crippen LogP contribution in [0, 0.1) is 5.82 Å². The Balaban J connectivity index is 2.23. The summed E-state index contributed by atoms with van der Waals surface area (Å²) in [7, 11) is 0. The lowest BCUT2D eigenvalue weighted by Crippen LogP contribution is -2.29. The van der Waals surface area contributed by atoms with Gasteiger partial charge in [-0.15, -0.1) is 0 Å². The lowest BCUT2D eigenvalue weighted by molar-refractivity contribution is 0.547. The maximum absolute atomic E-state index is 13.1. The molecule has 2 rings (SSSR count). The Bertz CT molecular complexity index is 519. The van der Waals surface area contributed by atoms with E-state index in [1.165, 1.54) is 12.1 Å². The summed E-state index contributed by atoms with van der Waals surface area (Å²) in [6.07, 6.45) is 4.19. The Morgan fingerprint density at radius 2 is 2.00 bits per heavy atom. The van der Waals surface area contributed by atoms with Crippen molar-refractivity contribution in [2.24, 2.45) is 5.84 Å². The fourth-order valence-electron chi connectivity index (χ4n) is 1.80. The van der Waals surface area contributed by atoms with Gasteiger partial charge in [-0.1, -0.05) is 22.0 Å². The molecule has 0 aliphatic carbocycles. The molecule has 0 saturated carbocycles. The largest absolute Gasteiger partial charge is 0.271 e. The van der Waals surface area contributed by atoms with E-state index < -0.39 is 0 Å². The number of hydrogen-bond donors (Lipinski definition) is 2. The molecule has 5 heteroatoms. The summed E-state index contributed by atoms with van der Waals surface area (Å²) in [5, 5.41) is 0. The second-order valence-corrected chi connectivity index (χ2v) is 4.80. The van der Waals surface area contributed by atoms with Crippen molar-refractivity contribution < 1.29 is 4.39 Å². The quantitative estimate of drug-likeness (QED) is 0.674. The Morgan fingerprint density at radius 1 is 1.28 bits per heavy atom. The second kappa shape index (κ2) is 6.04. The smallest absolute Gasteiger partial charge is 0.124 e. The van der Waals surface area contributed by atoms with Crippen LogP contribution in [-0.2, 0) is 6.42 Å². The number of rotatable bonds is 4. The van der Waals surface area contributed by atoms with Gasteiger partial charge in [0.05, 0.1) is 6.04 Å². The summed E-state index contributed by atoms with van der Waals surface area (Å²) >= 11 is 3.35. The van der Waals surface area contributed by atoms with Gasteiger partial charge in [0.2, 0.25) is 0 Å². The monoisotopic (exact) mass is 309 g/mol. The third-order valence-corrected chi connectivity index (χ3v) is 3.42. The van der Waals surface area contributed by atoms with Crippen LogP contribution in [0.15, 0.2) is 47.2 Å². The summed E-state index contributed by atoms with van der Waals surface area (Å²) in [4.78, 5) is 3.97. The van der Waals surface area contributed by atoms with E-state index in [4.69, 9.17) is 5.84 Å². The first-order valence-electron chi connectivity index (χ1n) is 5.50. The third-order valence-electron chi connectivity index (χ3n) is 2.73. The Kier molecular flexibility index (Phi) is 4.41. The molecule has 0 aliphatic rings. The highest BCUT2D eigenvalue weighted by molar-refractivity contribution is 9.10. The van der Waals surface area contributed by atoms with Gasteiger partial charge in [0, 0.05) is 16.9 Å². The zero-order chi connectivity index (χ0) is 13.0. The van der Waals surface area contributed by atoms with Gasteiger partial charge < -0.3 is 0 Å². The summed E-state index contributed by atoms with van der Waals surface area (Å²) in [5.74, 6) is 5.31. The minimum atomic E-state index is -0.273. The molecule has 1 heterocycles. The molecule has 0 amide bonds. The maximum Gasteiger partial charge on any atom is 0.124 e. The second-order valence-electron chi connectivity index (χ2n) is 3.94. The van der Waals surface area contributed by atoms with Gasteiger partial charge in [-0.2, -0.15) is 0 Å². The van der Waals surface area contributed by atoms with Crippen LogP contribution < -0.4 is 11.3 Å². The molecule has 0 saturated heterocycles. The first-order valence-corrected chi connectivity index (χ1v) is 6.30. The number of benzene rings is 1. The van der Waals surface area contributed by atoms with E-state index in [1.807, 2.05) is 12.1 Å². The number of aromatic nitrogens is 1. The lowest BCUT2D eigenvalue weighted by Gasteiger charge is -2.18. The molecule has 0 radical (unpaired) electrons.